The Hall–Kier alpha value is -0.860. The number of ketones is 1. The van der Waals surface area contributed by atoms with Crippen LogP contribution in [0.3, 0.4) is 0 Å². The fraction of sp³-hybridized carbons (Fsp3) is 0.917. The van der Waals surface area contributed by atoms with Gasteiger partial charge >= 0.3 is 5.97 Å². The van der Waals surface area contributed by atoms with Gasteiger partial charge in [-0.2, -0.15) is 0 Å². The van der Waals surface area contributed by atoms with Crippen molar-refractivity contribution in [2.24, 2.45) is 21.7 Å². The van der Waals surface area contributed by atoms with Crippen LogP contribution in [0.1, 0.15) is 123 Å². The van der Waals surface area contributed by atoms with E-state index in [-0.39, 0.29) is 24.0 Å². The van der Waals surface area contributed by atoms with Crippen LogP contribution in [0.4, 0.5) is 0 Å². The van der Waals surface area contributed by atoms with Gasteiger partial charge < -0.3 is 9.90 Å². The highest BCUT2D eigenvalue weighted by Crippen LogP contribution is 2.41. The zero-order valence-electron chi connectivity index (χ0n) is 20.1. The SMILES string of the molecule is C.CC(=O)CC(C)(C)C.CCC(C)(C(=O)O)C(C)(C)C.CCCC(C)(C)C. The van der Waals surface area contributed by atoms with E-state index in [2.05, 4.69) is 48.5 Å². The third kappa shape index (κ3) is 19.7. The predicted molar refractivity (Wildman–Crippen MR) is 121 cm³/mol. The molecule has 3 heteroatoms. The molecule has 3 nitrogen and oxygen atoms in total. The molecule has 1 unspecified atom stereocenters. The molecule has 27 heavy (non-hydrogen) atoms. The summed E-state index contributed by atoms with van der Waals surface area (Å²) in [6.07, 6.45) is 4.01. The lowest BCUT2D eigenvalue weighted by Gasteiger charge is -2.37. The molecule has 0 aromatic carbocycles. The Kier molecular flexibility index (Phi) is 16.7. The summed E-state index contributed by atoms with van der Waals surface area (Å²) in [7, 11) is 0. The topological polar surface area (TPSA) is 54.4 Å². The molecular weight excluding hydrogens is 336 g/mol. The molecule has 0 rings (SSSR count). The number of carboxylic acids is 1. The summed E-state index contributed by atoms with van der Waals surface area (Å²) in [4.78, 5) is 21.4. The number of carbonyl (C=O) groups excluding carboxylic acids is 1. The van der Waals surface area contributed by atoms with E-state index in [1.807, 2.05) is 27.7 Å². The maximum Gasteiger partial charge on any atom is 0.309 e. The number of hydrogen-bond donors (Lipinski definition) is 1. The van der Waals surface area contributed by atoms with E-state index in [1.54, 1.807) is 13.8 Å². The summed E-state index contributed by atoms with van der Waals surface area (Å²) in [5.74, 6) is -0.426. The Bertz CT molecular complexity index is 403. The minimum absolute atomic E-state index is 0. The second kappa shape index (κ2) is 13.3. The molecule has 0 saturated carbocycles. The second-order valence-electron chi connectivity index (χ2n) is 11.0. The third-order valence-electron chi connectivity index (χ3n) is 4.61. The highest BCUT2D eigenvalue weighted by Gasteiger charge is 2.42. The summed E-state index contributed by atoms with van der Waals surface area (Å²) in [5, 5.41) is 8.97. The average Bonchev–Trinajstić information content (AvgIpc) is 2.32. The highest BCUT2D eigenvalue weighted by atomic mass is 16.4. The maximum absolute atomic E-state index is 10.9. The fourth-order valence-corrected chi connectivity index (χ4v) is 2.50. The third-order valence-corrected chi connectivity index (χ3v) is 4.61. The molecule has 0 aliphatic heterocycles. The molecule has 1 N–H and O–H groups in total. The van der Waals surface area contributed by atoms with Gasteiger partial charge in [-0.15, -0.1) is 0 Å². The lowest BCUT2D eigenvalue weighted by Crippen LogP contribution is -2.39. The van der Waals surface area contributed by atoms with Crippen LogP contribution in [0.15, 0.2) is 0 Å². The van der Waals surface area contributed by atoms with E-state index in [4.69, 9.17) is 5.11 Å². The molecule has 0 aliphatic carbocycles. The van der Waals surface area contributed by atoms with Gasteiger partial charge in [0.2, 0.25) is 0 Å². The van der Waals surface area contributed by atoms with E-state index < -0.39 is 11.4 Å². The molecule has 0 heterocycles. The smallest absolute Gasteiger partial charge is 0.309 e. The van der Waals surface area contributed by atoms with E-state index in [1.165, 1.54) is 12.8 Å². The van der Waals surface area contributed by atoms with Gasteiger partial charge in [-0.1, -0.05) is 90.0 Å². The van der Waals surface area contributed by atoms with Crippen molar-refractivity contribution in [1.82, 2.24) is 0 Å². The zero-order chi connectivity index (χ0) is 22.0. The lowest BCUT2D eigenvalue weighted by atomic mass is 9.66. The first-order valence-electron chi connectivity index (χ1n) is 9.96. The molecule has 0 spiro atoms. The quantitative estimate of drug-likeness (QED) is 0.530. The molecule has 0 fully saturated rings. The summed E-state index contributed by atoms with van der Waals surface area (Å²) < 4.78 is 0. The van der Waals surface area contributed by atoms with E-state index in [9.17, 15) is 9.59 Å². The van der Waals surface area contributed by atoms with Crippen LogP contribution in [0, 0.1) is 21.7 Å². The summed E-state index contributed by atoms with van der Waals surface area (Å²) in [6.45, 7) is 26.5. The summed E-state index contributed by atoms with van der Waals surface area (Å²) in [5.41, 5.74) is -0.0544. The number of carbonyl (C=O) groups is 2. The van der Waals surface area contributed by atoms with Crippen molar-refractivity contribution < 1.29 is 14.7 Å². The monoisotopic (exact) mass is 388 g/mol. The molecule has 0 radical (unpaired) electrons. The van der Waals surface area contributed by atoms with Crippen LogP contribution in [0.25, 0.3) is 0 Å². The predicted octanol–water partition coefficient (Wildman–Crippen LogP) is 8.01. The standard InChI is InChI=1S/C9H18O2.C7H14O.C7H16.CH4/c1-6-9(5,7(10)11)8(2,3)4;1-6(8)5-7(2,3)4;1-5-6-7(2,3)4;/h6H2,1-5H3,(H,10,11);5H2,1-4H3;5-6H2,1-4H3;1H4. The van der Waals surface area contributed by atoms with Gasteiger partial charge in [0, 0.05) is 6.42 Å². The van der Waals surface area contributed by atoms with Gasteiger partial charge in [-0.3, -0.25) is 4.79 Å². The van der Waals surface area contributed by atoms with Crippen molar-refractivity contribution in [3.63, 3.8) is 0 Å². The van der Waals surface area contributed by atoms with Crippen LogP contribution >= 0.6 is 0 Å². The van der Waals surface area contributed by atoms with Gasteiger partial charge in [-0.05, 0) is 42.9 Å². The minimum Gasteiger partial charge on any atom is -0.481 e. The van der Waals surface area contributed by atoms with Crippen LogP contribution in [-0.4, -0.2) is 16.9 Å². The fourth-order valence-electron chi connectivity index (χ4n) is 2.50. The number of aliphatic carboxylic acids is 1. The summed E-state index contributed by atoms with van der Waals surface area (Å²) >= 11 is 0. The van der Waals surface area contributed by atoms with Crippen molar-refractivity contribution in [1.29, 1.82) is 0 Å². The highest BCUT2D eigenvalue weighted by molar-refractivity contribution is 5.76. The normalized spacial score (nSPS) is 13.7. The first-order valence-corrected chi connectivity index (χ1v) is 9.96. The number of carboxylic acid groups (broad SMARTS) is 1. The van der Waals surface area contributed by atoms with Crippen molar-refractivity contribution in [3.8, 4) is 0 Å². The molecule has 0 bridgehead atoms. The molecule has 0 aliphatic rings. The largest absolute Gasteiger partial charge is 0.481 e. The Balaban J connectivity index is -0.000000149. The Labute approximate surface area is 171 Å². The maximum atomic E-state index is 10.9. The van der Waals surface area contributed by atoms with E-state index in [0.29, 0.717) is 18.3 Å². The average molecular weight is 389 g/mol. The number of Topliss-reactive ketones (excluding diaryl/α,β-unsaturated/α-hetero) is 1. The van der Waals surface area contributed by atoms with Crippen LogP contribution in [0.2, 0.25) is 0 Å². The molecule has 0 aromatic heterocycles. The molecule has 0 saturated heterocycles. The second-order valence-corrected chi connectivity index (χ2v) is 11.0. The molecule has 0 aromatic rings. The van der Waals surface area contributed by atoms with Crippen molar-refractivity contribution in [2.75, 3.05) is 0 Å². The van der Waals surface area contributed by atoms with E-state index in [0.717, 1.165) is 0 Å². The Morgan fingerprint density at radius 1 is 0.778 bits per heavy atom. The van der Waals surface area contributed by atoms with Gasteiger partial charge in [0.25, 0.3) is 0 Å². The van der Waals surface area contributed by atoms with Crippen LogP contribution in [0.5, 0.6) is 0 Å². The first kappa shape index (κ1) is 33.7. The molecule has 1 atom stereocenters. The lowest BCUT2D eigenvalue weighted by molar-refractivity contribution is -0.155. The summed E-state index contributed by atoms with van der Waals surface area (Å²) in [6, 6.07) is 0. The van der Waals surface area contributed by atoms with Crippen molar-refractivity contribution >= 4 is 11.8 Å². The van der Waals surface area contributed by atoms with E-state index >= 15 is 0 Å². The van der Waals surface area contributed by atoms with Crippen LogP contribution in [-0.2, 0) is 9.59 Å². The Morgan fingerprint density at radius 2 is 1.15 bits per heavy atom. The van der Waals surface area contributed by atoms with Gasteiger partial charge in [0.1, 0.15) is 5.78 Å². The first-order chi connectivity index (χ1) is 11.2. The van der Waals surface area contributed by atoms with Crippen molar-refractivity contribution in [3.05, 3.63) is 0 Å². The van der Waals surface area contributed by atoms with Gasteiger partial charge in [0.15, 0.2) is 0 Å². The molecule has 0 amide bonds. The van der Waals surface area contributed by atoms with Gasteiger partial charge in [-0.25, -0.2) is 0 Å². The number of rotatable bonds is 4. The zero-order valence-corrected chi connectivity index (χ0v) is 20.1. The van der Waals surface area contributed by atoms with Gasteiger partial charge in [0.05, 0.1) is 5.41 Å². The molecule has 166 valence electrons. The number of hydrogen-bond acceptors (Lipinski definition) is 2. The minimum atomic E-state index is -0.701. The van der Waals surface area contributed by atoms with Crippen LogP contribution < -0.4 is 0 Å². The Morgan fingerprint density at radius 3 is 1.15 bits per heavy atom. The molecular formula is C24H52O3. The van der Waals surface area contributed by atoms with Crippen molar-refractivity contribution in [2.45, 2.75) is 123 Å².